The number of nitrogens with two attached hydrogens (primary N) is 1. The second-order valence-corrected chi connectivity index (χ2v) is 4.76. The van der Waals surface area contributed by atoms with Crippen molar-refractivity contribution in [2.24, 2.45) is 0 Å². The molecule has 0 unspecified atom stereocenters. The van der Waals surface area contributed by atoms with Gasteiger partial charge >= 0.3 is 0 Å². The standard InChI is InChI=1S/C13H14N2OS/c14-12-6-2-1-4-10(12)8-13(16)15-9-11-5-3-7-17-11/h1-7H,8-9,14H2,(H,15,16). The molecule has 1 heterocycles. The fourth-order valence-electron chi connectivity index (χ4n) is 1.53. The van der Waals surface area contributed by atoms with Gasteiger partial charge in [0.05, 0.1) is 13.0 Å². The molecule has 0 aliphatic heterocycles. The second-order valence-electron chi connectivity index (χ2n) is 3.73. The van der Waals surface area contributed by atoms with Crippen LogP contribution in [0.4, 0.5) is 5.69 Å². The number of hydrogen-bond donors (Lipinski definition) is 2. The van der Waals surface area contributed by atoms with E-state index < -0.39 is 0 Å². The number of hydrogen-bond acceptors (Lipinski definition) is 3. The molecule has 0 saturated heterocycles. The molecule has 0 radical (unpaired) electrons. The van der Waals surface area contributed by atoms with E-state index in [2.05, 4.69) is 5.32 Å². The highest BCUT2D eigenvalue weighted by molar-refractivity contribution is 7.09. The van der Waals surface area contributed by atoms with E-state index in [0.717, 1.165) is 10.4 Å². The van der Waals surface area contributed by atoms with Gasteiger partial charge in [-0.05, 0) is 23.1 Å². The number of nitrogen functional groups attached to an aromatic ring is 1. The molecule has 0 aliphatic carbocycles. The highest BCUT2D eigenvalue weighted by Crippen LogP contribution is 2.11. The highest BCUT2D eigenvalue weighted by atomic mass is 32.1. The molecule has 3 nitrogen and oxygen atoms in total. The number of carbonyl (C=O) groups is 1. The molecular weight excluding hydrogens is 232 g/mol. The van der Waals surface area contributed by atoms with Crippen LogP contribution in [0, 0.1) is 0 Å². The van der Waals surface area contributed by atoms with Crippen molar-refractivity contribution in [1.82, 2.24) is 5.32 Å². The molecule has 88 valence electrons. The van der Waals surface area contributed by atoms with E-state index in [1.807, 2.05) is 41.8 Å². The lowest BCUT2D eigenvalue weighted by Gasteiger charge is -2.06. The van der Waals surface area contributed by atoms with Gasteiger partial charge in [0.15, 0.2) is 0 Å². The fourth-order valence-corrected chi connectivity index (χ4v) is 2.17. The predicted molar refractivity (Wildman–Crippen MR) is 70.7 cm³/mol. The lowest BCUT2D eigenvalue weighted by Crippen LogP contribution is -2.24. The first-order valence-corrected chi connectivity index (χ1v) is 6.26. The summed E-state index contributed by atoms with van der Waals surface area (Å²) in [6.07, 6.45) is 0.331. The monoisotopic (exact) mass is 246 g/mol. The third-order valence-electron chi connectivity index (χ3n) is 2.45. The van der Waals surface area contributed by atoms with Crippen molar-refractivity contribution in [3.8, 4) is 0 Å². The van der Waals surface area contributed by atoms with Crippen LogP contribution in [-0.4, -0.2) is 5.91 Å². The van der Waals surface area contributed by atoms with Crippen molar-refractivity contribution in [2.45, 2.75) is 13.0 Å². The summed E-state index contributed by atoms with van der Waals surface area (Å²) in [5, 5.41) is 4.87. The maximum atomic E-state index is 11.7. The molecule has 1 aromatic carbocycles. The number of amides is 1. The molecule has 0 bridgehead atoms. The summed E-state index contributed by atoms with van der Waals surface area (Å²) in [6.45, 7) is 0.587. The summed E-state index contributed by atoms with van der Waals surface area (Å²) in [4.78, 5) is 12.9. The van der Waals surface area contributed by atoms with Gasteiger partial charge in [0.2, 0.25) is 5.91 Å². The molecule has 17 heavy (non-hydrogen) atoms. The minimum absolute atomic E-state index is 0.00343. The fraction of sp³-hybridized carbons (Fsp3) is 0.154. The lowest BCUT2D eigenvalue weighted by atomic mass is 10.1. The Morgan fingerprint density at radius 2 is 2.06 bits per heavy atom. The molecule has 0 spiro atoms. The van der Waals surface area contributed by atoms with Gasteiger partial charge in [0.25, 0.3) is 0 Å². The summed E-state index contributed by atoms with van der Waals surface area (Å²) < 4.78 is 0. The largest absolute Gasteiger partial charge is 0.398 e. The van der Waals surface area contributed by atoms with Crippen molar-refractivity contribution >= 4 is 22.9 Å². The highest BCUT2D eigenvalue weighted by Gasteiger charge is 2.05. The zero-order valence-electron chi connectivity index (χ0n) is 9.35. The molecule has 1 amide bonds. The van der Waals surface area contributed by atoms with Crippen LogP contribution in [0.15, 0.2) is 41.8 Å². The van der Waals surface area contributed by atoms with Gasteiger partial charge in [-0.25, -0.2) is 0 Å². The van der Waals surface area contributed by atoms with E-state index in [-0.39, 0.29) is 5.91 Å². The van der Waals surface area contributed by atoms with Crippen LogP contribution in [-0.2, 0) is 17.8 Å². The van der Waals surface area contributed by atoms with Crippen molar-refractivity contribution in [3.05, 3.63) is 52.2 Å². The Hall–Kier alpha value is -1.81. The first-order chi connectivity index (χ1) is 8.25. The topological polar surface area (TPSA) is 55.1 Å². The first kappa shape index (κ1) is 11.7. The van der Waals surface area contributed by atoms with Crippen LogP contribution in [0.2, 0.25) is 0 Å². The molecule has 4 heteroatoms. The SMILES string of the molecule is Nc1ccccc1CC(=O)NCc1cccs1. The van der Waals surface area contributed by atoms with E-state index >= 15 is 0 Å². The van der Waals surface area contributed by atoms with Crippen LogP contribution in [0.25, 0.3) is 0 Å². The van der Waals surface area contributed by atoms with E-state index in [4.69, 9.17) is 5.73 Å². The molecule has 2 rings (SSSR count). The van der Waals surface area contributed by atoms with Gasteiger partial charge in [0.1, 0.15) is 0 Å². The van der Waals surface area contributed by atoms with Gasteiger partial charge in [-0.3, -0.25) is 4.79 Å². The number of carbonyl (C=O) groups excluding carboxylic acids is 1. The molecule has 1 aromatic heterocycles. The molecule has 3 N–H and O–H groups in total. The number of para-hydroxylation sites is 1. The van der Waals surface area contributed by atoms with Gasteiger partial charge < -0.3 is 11.1 Å². The van der Waals surface area contributed by atoms with Crippen LogP contribution in [0.3, 0.4) is 0 Å². The van der Waals surface area contributed by atoms with E-state index in [9.17, 15) is 4.79 Å². The first-order valence-electron chi connectivity index (χ1n) is 5.38. The molecule has 0 saturated carbocycles. The van der Waals surface area contributed by atoms with E-state index in [1.54, 1.807) is 11.3 Å². The normalized spacial score (nSPS) is 10.1. The average molecular weight is 246 g/mol. The average Bonchev–Trinajstić information content (AvgIpc) is 2.82. The maximum absolute atomic E-state index is 11.7. The lowest BCUT2D eigenvalue weighted by molar-refractivity contribution is -0.120. The van der Waals surface area contributed by atoms with Crippen LogP contribution in [0.1, 0.15) is 10.4 Å². The Balaban J connectivity index is 1.87. The summed E-state index contributed by atoms with van der Waals surface area (Å²) in [5.74, 6) is -0.00343. The third kappa shape index (κ3) is 3.32. The molecule has 2 aromatic rings. The zero-order chi connectivity index (χ0) is 12.1. The van der Waals surface area contributed by atoms with Gasteiger partial charge in [-0.2, -0.15) is 0 Å². The van der Waals surface area contributed by atoms with Gasteiger partial charge in [-0.15, -0.1) is 11.3 Å². The number of thiophene rings is 1. The van der Waals surface area contributed by atoms with Crippen molar-refractivity contribution in [2.75, 3.05) is 5.73 Å². The molecule has 0 atom stereocenters. The number of benzene rings is 1. The molecule has 0 aliphatic rings. The van der Waals surface area contributed by atoms with Crippen molar-refractivity contribution < 1.29 is 4.79 Å². The Kier molecular flexibility index (Phi) is 3.77. The van der Waals surface area contributed by atoms with Crippen LogP contribution in [0.5, 0.6) is 0 Å². The minimum atomic E-state index is -0.00343. The Labute approximate surface area is 104 Å². The summed E-state index contributed by atoms with van der Waals surface area (Å²) in [7, 11) is 0. The molecular formula is C13H14N2OS. The maximum Gasteiger partial charge on any atom is 0.224 e. The number of nitrogens with one attached hydrogen (secondary N) is 1. The predicted octanol–water partition coefficient (Wildman–Crippen LogP) is 2.19. The Morgan fingerprint density at radius 1 is 1.24 bits per heavy atom. The summed E-state index contributed by atoms with van der Waals surface area (Å²) in [6, 6.07) is 11.4. The van der Waals surface area contributed by atoms with Crippen LogP contribution >= 0.6 is 11.3 Å². The summed E-state index contributed by atoms with van der Waals surface area (Å²) >= 11 is 1.63. The minimum Gasteiger partial charge on any atom is -0.398 e. The molecule has 0 fully saturated rings. The van der Waals surface area contributed by atoms with Crippen molar-refractivity contribution in [3.63, 3.8) is 0 Å². The zero-order valence-corrected chi connectivity index (χ0v) is 10.2. The van der Waals surface area contributed by atoms with Gasteiger partial charge in [0, 0.05) is 10.6 Å². The smallest absolute Gasteiger partial charge is 0.224 e. The van der Waals surface area contributed by atoms with E-state index in [1.165, 1.54) is 0 Å². The number of rotatable bonds is 4. The van der Waals surface area contributed by atoms with Crippen molar-refractivity contribution in [1.29, 1.82) is 0 Å². The third-order valence-corrected chi connectivity index (χ3v) is 3.32. The van der Waals surface area contributed by atoms with Crippen LogP contribution < -0.4 is 11.1 Å². The van der Waals surface area contributed by atoms with E-state index in [0.29, 0.717) is 18.7 Å². The quantitative estimate of drug-likeness (QED) is 0.812. The second kappa shape index (κ2) is 5.50. The Bertz CT molecular complexity index is 494. The van der Waals surface area contributed by atoms with Gasteiger partial charge in [-0.1, -0.05) is 24.3 Å². The summed E-state index contributed by atoms with van der Waals surface area (Å²) in [5.41, 5.74) is 7.32. The number of anilines is 1. The Morgan fingerprint density at radius 3 is 2.76 bits per heavy atom.